The SMILES string of the molecule is CC(=O)c1cccc(NC(=O)CSc2nnc(CNc3ccccc3C)n2-c2cc(C)ccc2C)c1. The number of carbonyl (C=O) groups excluding carboxylic acids is 2. The molecule has 0 saturated carbocycles. The van der Waals surface area contributed by atoms with Gasteiger partial charge in [-0.25, -0.2) is 0 Å². The van der Waals surface area contributed by atoms with E-state index in [4.69, 9.17) is 0 Å². The molecule has 2 N–H and O–H groups in total. The Morgan fingerprint density at radius 2 is 1.72 bits per heavy atom. The summed E-state index contributed by atoms with van der Waals surface area (Å²) in [6.45, 7) is 8.15. The third-order valence-electron chi connectivity index (χ3n) is 5.77. The maximum absolute atomic E-state index is 12.7. The number of thioether (sulfide) groups is 1. The van der Waals surface area contributed by atoms with Crippen LogP contribution in [0.4, 0.5) is 11.4 Å². The van der Waals surface area contributed by atoms with Gasteiger partial charge in [0.1, 0.15) is 0 Å². The summed E-state index contributed by atoms with van der Waals surface area (Å²) in [5, 5.41) is 15.8. The van der Waals surface area contributed by atoms with Crippen LogP contribution in [0.25, 0.3) is 5.69 Å². The molecule has 1 heterocycles. The normalized spacial score (nSPS) is 10.8. The highest BCUT2D eigenvalue weighted by molar-refractivity contribution is 7.99. The standard InChI is InChI=1S/C28H29N5O2S/c1-18-12-13-20(3)25(14-18)33-26(16-29-24-11-6-5-8-19(24)2)31-32-28(33)36-17-27(35)30-23-10-7-9-22(15-23)21(4)34/h5-15,29H,16-17H2,1-4H3,(H,30,35). The Labute approximate surface area is 215 Å². The van der Waals surface area contributed by atoms with Gasteiger partial charge in [-0.2, -0.15) is 0 Å². The molecule has 0 fully saturated rings. The second-order valence-corrected chi connectivity index (χ2v) is 9.61. The van der Waals surface area contributed by atoms with Crippen LogP contribution in [0.2, 0.25) is 0 Å². The summed E-state index contributed by atoms with van der Waals surface area (Å²) in [6.07, 6.45) is 0. The number of carbonyl (C=O) groups is 2. The Balaban J connectivity index is 1.55. The van der Waals surface area contributed by atoms with E-state index < -0.39 is 0 Å². The lowest BCUT2D eigenvalue weighted by Crippen LogP contribution is -2.15. The number of nitrogens with one attached hydrogen (secondary N) is 2. The minimum absolute atomic E-state index is 0.0473. The maximum atomic E-state index is 12.7. The van der Waals surface area contributed by atoms with Crippen molar-refractivity contribution < 1.29 is 9.59 Å². The van der Waals surface area contributed by atoms with Crippen LogP contribution in [0.3, 0.4) is 0 Å². The first-order valence-electron chi connectivity index (χ1n) is 11.7. The molecule has 8 heteroatoms. The van der Waals surface area contributed by atoms with Crippen LogP contribution in [0, 0.1) is 20.8 Å². The fraction of sp³-hybridized carbons (Fsp3) is 0.214. The second kappa shape index (κ2) is 11.2. The zero-order chi connectivity index (χ0) is 25.7. The number of hydrogen-bond acceptors (Lipinski definition) is 6. The summed E-state index contributed by atoms with van der Waals surface area (Å²) in [6, 6.07) is 21.3. The van der Waals surface area contributed by atoms with Gasteiger partial charge in [-0.3, -0.25) is 14.2 Å². The van der Waals surface area contributed by atoms with E-state index in [0.29, 0.717) is 23.0 Å². The van der Waals surface area contributed by atoms with E-state index in [-0.39, 0.29) is 17.4 Å². The third kappa shape index (κ3) is 6.01. The first-order valence-corrected chi connectivity index (χ1v) is 12.7. The summed E-state index contributed by atoms with van der Waals surface area (Å²) in [4.78, 5) is 24.3. The highest BCUT2D eigenvalue weighted by Crippen LogP contribution is 2.26. The molecule has 0 saturated heterocycles. The maximum Gasteiger partial charge on any atom is 0.234 e. The average Bonchev–Trinajstić information content (AvgIpc) is 3.26. The number of anilines is 2. The van der Waals surface area contributed by atoms with E-state index in [1.165, 1.54) is 18.7 Å². The van der Waals surface area contributed by atoms with E-state index in [2.05, 4.69) is 58.9 Å². The first-order chi connectivity index (χ1) is 17.3. The zero-order valence-corrected chi connectivity index (χ0v) is 21.6. The predicted octanol–water partition coefficient (Wildman–Crippen LogP) is 5.74. The average molecular weight is 500 g/mol. The molecule has 0 radical (unpaired) electrons. The van der Waals surface area contributed by atoms with Crippen LogP contribution in [0.5, 0.6) is 0 Å². The number of nitrogens with zero attached hydrogens (tertiary/aromatic N) is 3. The highest BCUT2D eigenvalue weighted by Gasteiger charge is 2.18. The minimum Gasteiger partial charge on any atom is -0.378 e. The van der Waals surface area contributed by atoms with Crippen molar-refractivity contribution in [2.75, 3.05) is 16.4 Å². The molecule has 0 aliphatic heterocycles. The van der Waals surface area contributed by atoms with Crippen LogP contribution in [0.1, 0.15) is 39.8 Å². The molecule has 0 aliphatic rings. The van der Waals surface area contributed by atoms with Crippen LogP contribution in [0.15, 0.2) is 71.9 Å². The number of ketones is 1. The van der Waals surface area contributed by atoms with Crippen LogP contribution < -0.4 is 10.6 Å². The van der Waals surface area contributed by atoms with E-state index >= 15 is 0 Å². The number of Topliss-reactive ketones (excluding diaryl/α,β-unsaturated/α-hetero) is 1. The third-order valence-corrected chi connectivity index (χ3v) is 6.70. The Hall–Kier alpha value is -3.91. The lowest BCUT2D eigenvalue weighted by Gasteiger charge is -2.15. The summed E-state index contributed by atoms with van der Waals surface area (Å²) < 4.78 is 2.02. The number of aryl methyl sites for hydroxylation is 3. The fourth-order valence-corrected chi connectivity index (χ4v) is 4.56. The summed E-state index contributed by atoms with van der Waals surface area (Å²) in [5.74, 6) is 0.673. The summed E-state index contributed by atoms with van der Waals surface area (Å²) >= 11 is 1.32. The molecule has 7 nitrogen and oxygen atoms in total. The van der Waals surface area contributed by atoms with Crippen LogP contribution >= 0.6 is 11.8 Å². The fourth-order valence-electron chi connectivity index (χ4n) is 3.80. The van der Waals surface area contributed by atoms with Gasteiger partial charge >= 0.3 is 0 Å². The molecule has 36 heavy (non-hydrogen) atoms. The number of para-hydroxylation sites is 1. The van der Waals surface area contributed by atoms with Gasteiger partial charge in [0.05, 0.1) is 18.0 Å². The number of rotatable bonds is 9. The van der Waals surface area contributed by atoms with E-state index in [9.17, 15) is 9.59 Å². The second-order valence-electron chi connectivity index (χ2n) is 8.67. The van der Waals surface area contributed by atoms with Gasteiger partial charge in [0.15, 0.2) is 16.8 Å². The Morgan fingerprint density at radius 1 is 0.917 bits per heavy atom. The molecular formula is C28H29N5O2S. The van der Waals surface area contributed by atoms with Crippen molar-refractivity contribution in [3.63, 3.8) is 0 Å². The van der Waals surface area contributed by atoms with Crippen molar-refractivity contribution in [3.8, 4) is 5.69 Å². The van der Waals surface area contributed by atoms with Crippen molar-refractivity contribution in [2.24, 2.45) is 0 Å². The monoisotopic (exact) mass is 499 g/mol. The molecule has 1 amide bonds. The van der Waals surface area contributed by atoms with E-state index in [1.807, 2.05) is 29.7 Å². The topological polar surface area (TPSA) is 88.9 Å². The largest absolute Gasteiger partial charge is 0.378 e. The van der Waals surface area contributed by atoms with E-state index in [0.717, 1.165) is 33.9 Å². The zero-order valence-electron chi connectivity index (χ0n) is 20.8. The van der Waals surface area contributed by atoms with Gasteiger partial charge in [0.25, 0.3) is 0 Å². The lowest BCUT2D eigenvalue weighted by atomic mass is 10.1. The minimum atomic E-state index is -0.184. The highest BCUT2D eigenvalue weighted by atomic mass is 32.2. The van der Waals surface area contributed by atoms with Gasteiger partial charge in [0.2, 0.25) is 5.91 Å². The number of hydrogen-bond donors (Lipinski definition) is 2. The summed E-state index contributed by atoms with van der Waals surface area (Å²) in [7, 11) is 0. The van der Waals surface area contributed by atoms with Gasteiger partial charge in [-0.15, -0.1) is 10.2 Å². The smallest absolute Gasteiger partial charge is 0.234 e. The van der Waals surface area contributed by atoms with Crippen molar-refractivity contribution in [1.82, 2.24) is 14.8 Å². The number of amides is 1. The Kier molecular flexibility index (Phi) is 7.85. The van der Waals surface area contributed by atoms with Gasteiger partial charge < -0.3 is 10.6 Å². The molecule has 0 atom stereocenters. The van der Waals surface area contributed by atoms with E-state index in [1.54, 1.807) is 24.3 Å². The van der Waals surface area contributed by atoms with Crippen LogP contribution in [-0.2, 0) is 11.3 Å². The molecule has 0 unspecified atom stereocenters. The quantitative estimate of drug-likeness (QED) is 0.226. The Bertz CT molecular complexity index is 1410. The number of benzene rings is 3. The molecule has 3 aromatic carbocycles. The van der Waals surface area contributed by atoms with Crippen molar-refractivity contribution in [2.45, 2.75) is 39.4 Å². The van der Waals surface area contributed by atoms with Crippen LogP contribution in [-0.4, -0.2) is 32.2 Å². The van der Waals surface area contributed by atoms with Gasteiger partial charge in [-0.1, -0.05) is 54.2 Å². The number of aromatic nitrogens is 3. The predicted molar refractivity (Wildman–Crippen MR) is 145 cm³/mol. The first kappa shape index (κ1) is 25.2. The Morgan fingerprint density at radius 3 is 2.50 bits per heavy atom. The molecular weight excluding hydrogens is 470 g/mol. The lowest BCUT2D eigenvalue weighted by molar-refractivity contribution is -0.113. The molecule has 0 spiro atoms. The summed E-state index contributed by atoms with van der Waals surface area (Å²) in [5.41, 5.74) is 6.53. The van der Waals surface area contributed by atoms with Gasteiger partial charge in [-0.05, 0) is 68.7 Å². The van der Waals surface area contributed by atoms with Crippen molar-refractivity contribution >= 4 is 34.8 Å². The molecule has 0 aliphatic carbocycles. The molecule has 4 rings (SSSR count). The van der Waals surface area contributed by atoms with Crippen molar-refractivity contribution in [1.29, 1.82) is 0 Å². The van der Waals surface area contributed by atoms with Gasteiger partial charge in [0, 0.05) is 16.9 Å². The molecule has 0 bridgehead atoms. The molecule has 1 aromatic heterocycles. The molecule has 184 valence electrons. The molecule has 4 aromatic rings. The van der Waals surface area contributed by atoms with Crippen molar-refractivity contribution in [3.05, 3.63) is 94.8 Å².